The molecule has 2 atom stereocenters. The Balaban J connectivity index is 1.68. The number of benzene rings is 1. The number of hydrogen-bond donors (Lipinski definition) is 3. The number of nitrogens with two attached hydrogens (primary N) is 2. The maximum absolute atomic E-state index is 16.6. The number of pyridine rings is 1. The number of piperidine rings is 1. The molecule has 2 saturated carbocycles. The Morgan fingerprint density at radius 3 is 2.41 bits per heavy atom. The van der Waals surface area contributed by atoms with Crippen molar-refractivity contribution in [3.8, 4) is 17.0 Å². The molecule has 0 radical (unpaired) electrons. The molecule has 6 rings (SSSR count). The summed E-state index contributed by atoms with van der Waals surface area (Å²) in [7, 11) is 0. The van der Waals surface area contributed by atoms with Crippen LogP contribution in [0.3, 0.4) is 0 Å². The zero-order valence-electron chi connectivity index (χ0n) is 20.4. The topological polar surface area (TPSA) is 91.1 Å². The van der Waals surface area contributed by atoms with Gasteiger partial charge in [0, 0.05) is 35.4 Å². The molecule has 1 aliphatic heterocycles. The van der Waals surface area contributed by atoms with Crippen LogP contribution >= 0.6 is 0 Å². The van der Waals surface area contributed by atoms with Crippen LogP contribution in [0.25, 0.3) is 22.2 Å². The fourth-order valence-corrected chi connectivity index (χ4v) is 6.22. The highest BCUT2D eigenvalue weighted by Gasteiger charge is 2.56. The molecule has 0 bridgehead atoms. The summed E-state index contributed by atoms with van der Waals surface area (Å²) in [6.07, 6.45) is -3.50. The molecular formula is C26H28F5N5O. The van der Waals surface area contributed by atoms with E-state index in [0.717, 1.165) is 43.3 Å². The second-order valence-electron chi connectivity index (χ2n) is 10.6. The molecule has 5 N–H and O–H groups in total. The first-order chi connectivity index (χ1) is 17.5. The van der Waals surface area contributed by atoms with Gasteiger partial charge in [0.1, 0.15) is 5.69 Å². The summed E-state index contributed by atoms with van der Waals surface area (Å²) in [5.41, 5.74) is 13.6. The minimum absolute atomic E-state index is 0.0414. The molecule has 3 heterocycles. The van der Waals surface area contributed by atoms with E-state index in [0.29, 0.717) is 29.0 Å². The summed E-state index contributed by atoms with van der Waals surface area (Å²) in [4.78, 5) is 4.56. The number of halogens is 5. The van der Waals surface area contributed by atoms with Crippen molar-refractivity contribution in [3.63, 3.8) is 0 Å². The average Bonchev–Trinajstić information content (AvgIpc) is 3.69. The van der Waals surface area contributed by atoms with Gasteiger partial charge in [-0.25, -0.2) is 13.8 Å². The molecule has 3 aromatic rings. The molecule has 0 amide bonds. The van der Waals surface area contributed by atoms with Crippen molar-refractivity contribution in [1.29, 1.82) is 0 Å². The van der Waals surface area contributed by atoms with Crippen LogP contribution in [0.4, 0.5) is 27.6 Å². The van der Waals surface area contributed by atoms with Gasteiger partial charge in [0.05, 0.1) is 16.8 Å². The van der Waals surface area contributed by atoms with E-state index in [4.69, 9.17) is 11.5 Å². The second kappa shape index (κ2) is 8.29. The van der Waals surface area contributed by atoms with Crippen molar-refractivity contribution in [2.75, 3.05) is 18.8 Å². The van der Waals surface area contributed by atoms with Crippen molar-refractivity contribution in [1.82, 2.24) is 14.9 Å². The lowest BCUT2D eigenvalue weighted by Gasteiger charge is -2.18. The standard InChI is InChI=1S/C26H28F5N5O/c1-10(2)22-20-19(18-14-8-34-9-15(14)18)17(7-32)36(12-3-4-12)24(20)21(28)23(35-22)13-5-11(33)6-16(27)25(13)37-26(29,30)31/h5-6,10,12,14-15,18,34H,3-4,7-9,32-33H2,1-2H3. The molecule has 2 unspecified atom stereocenters. The van der Waals surface area contributed by atoms with Crippen molar-refractivity contribution in [2.24, 2.45) is 17.6 Å². The Kier molecular flexibility index (Phi) is 5.47. The molecule has 3 fully saturated rings. The normalized spacial score (nSPS) is 23.2. The maximum atomic E-state index is 16.6. The van der Waals surface area contributed by atoms with Crippen LogP contribution < -0.4 is 21.5 Å². The molecular weight excluding hydrogens is 493 g/mol. The first kappa shape index (κ1) is 24.4. The summed E-state index contributed by atoms with van der Waals surface area (Å²) in [6.45, 7) is 5.74. The third-order valence-electron chi connectivity index (χ3n) is 7.87. The van der Waals surface area contributed by atoms with Crippen molar-refractivity contribution in [3.05, 3.63) is 40.7 Å². The van der Waals surface area contributed by atoms with Crippen LogP contribution in [0, 0.1) is 23.5 Å². The molecule has 2 aliphatic carbocycles. The van der Waals surface area contributed by atoms with E-state index in [1.165, 1.54) is 0 Å². The first-order valence-electron chi connectivity index (χ1n) is 12.5. The Bertz CT molecular complexity index is 1400. The van der Waals surface area contributed by atoms with Gasteiger partial charge in [0.2, 0.25) is 0 Å². The molecule has 37 heavy (non-hydrogen) atoms. The van der Waals surface area contributed by atoms with Gasteiger partial charge < -0.3 is 26.1 Å². The predicted octanol–water partition coefficient (Wildman–Crippen LogP) is 5.31. The van der Waals surface area contributed by atoms with E-state index < -0.39 is 35.0 Å². The minimum atomic E-state index is -5.20. The molecule has 6 nitrogen and oxygen atoms in total. The molecule has 1 saturated heterocycles. The third kappa shape index (κ3) is 3.85. The highest BCUT2D eigenvalue weighted by Crippen LogP contribution is 2.60. The van der Waals surface area contributed by atoms with Crippen LogP contribution in [0.2, 0.25) is 0 Å². The predicted molar refractivity (Wildman–Crippen MR) is 129 cm³/mol. The van der Waals surface area contributed by atoms with Crippen molar-refractivity contribution >= 4 is 16.6 Å². The Morgan fingerprint density at radius 1 is 1.16 bits per heavy atom. The average molecular weight is 522 g/mol. The third-order valence-corrected chi connectivity index (χ3v) is 7.87. The van der Waals surface area contributed by atoms with Crippen LogP contribution in [-0.4, -0.2) is 29.0 Å². The fraction of sp³-hybridized carbons (Fsp3) is 0.500. The van der Waals surface area contributed by atoms with Crippen molar-refractivity contribution in [2.45, 2.75) is 57.5 Å². The van der Waals surface area contributed by atoms with E-state index in [2.05, 4.69) is 15.0 Å². The highest BCUT2D eigenvalue weighted by atomic mass is 19.4. The van der Waals surface area contributed by atoms with Crippen LogP contribution in [-0.2, 0) is 6.54 Å². The van der Waals surface area contributed by atoms with E-state index >= 15 is 4.39 Å². The van der Waals surface area contributed by atoms with Gasteiger partial charge in [0.25, 0.3) is 0 Å². The summed E-state index contributed by atoms with van der Waals surface area (Å²) in [6, 6.07) is 1.82. The lowest BCUT2D eigenvalue weighted by Crippen LogP contribution is -2.19. The second-order valence-corrected chi connectivity index (χ2v) is 10.6. The smallest absolute Gasteiger partial charge is 0.402 e. The number of ether oxygens (including phenoxy) is 1. The van der Waals surface area contributed by atoms with Gasteiger partial charge >= 0.3 is 6.36 Å². The molecule has 3 aliphatic rings. The van der Waals surface area contributed by atoms with Crippen LogP contribution in [0.5, 0.6) is 5.75 Å². The Morgan fingerprint density at radius 2 is 1.84 bits per heavy atom. The first-order valence-corrected chi connectivity index (χ1v) is 12.5. The van der Waals surface area contributed by atoms with Gasteiger partial charge in [-0.3, -0.25) is 0 Å². The van der Waals surface area contributed by atoms with Gasteiger partial charge in [-0.15, -0.1) is 13.2 Å². The van der Waals surface area contributed by atoms with Gasteiger partial charge in [-0.1, -0.05) is 13.8 Å². The minimum Gasteiger partial charge on any atom is -0.402 e. The Labute approximate surface area is 210 Å². The van der Waals surface area contributed by atoms with E-state index in [9.17, 15) is 17.6 Å². The van der Waals surface area contributed by atoms with Crippen molar-refractivity contribution < 1.29 is 26.7 Å². The monoisotopic (exact) mass is 521 g/mol. The van der Waals surface area contributed by atoms with Gasteiger partial charge in [-0.05, 0) is 61.2 Å². The molecule has 2 aromatic heterocycles. The number of aromatic nitrogens is 2. The number of alkyl halides is 3. The fourth-order valence-electron chi connectivity index (χ4n) is 6.22. The number of nitrogen functional groups attached to an aromatic ring is 1. The molecule has 11 heteroatoms. The van der Waals surface area contributed by atoms with Gasteiger partial charge in [-0.2, -0.15) is 0 Å². The quantitative estimate of drug-likeness (QED) is 0.302. The number of anilines is 1. The summed E-state index contributed by atoms with van der Waals surface area (Å²) >= 11 is 0. The van der Waals surface area contributed by atoms with E-state index in [1.54, 1.807) is 0 Å². The van der Waals surface area contributed by atoms with E-state index in [1.807, 2.05) is 18.4 Å². The zero-order chi connectivity index (χ0) is 26.4. The molecule has 1 aromatic carbocycles. The lowest BCUT2D eigenvalue weighted by molar-refractivity contribution is -0.275. The molecule has 0 spiro atoms. The number of nitrogens with zero attached hydrogens (tertiary/aromatic N) is 2. The molecule has 198 valence electrons. The lowest BCUT2D eigenvalue weighted by atomic mass is 9.95. The number of rotatable bonds is 6. The Hall–Kier alpha value is -2.92. The summed E-state index contributed by atoms with van der Waals surface area (Å²) in [5.74, 6) is -2.44. The number of nitrogens with one attached hydrogen (secondary N) is 1. The van der Waals surface area contributed by atoms with E-state index in [-0.39, 0.29) is 35.6 Å². The largest absolute Gasteiger partial charge is 0.573 e. The van der Waals surface area contributed by atoms with Gasteiger partial charge in [0.15, 0.2) is 17.4 Å². The summed E-state index contributed by atoms with van der Waals surface area (Å²) < 4.78 is 76.9. The highest BCUT2D eigenvalue weighted by molar-refractivity contribution is 5.93. The van der Waals surface area contributed by atoms with Crippen LogP contribution in [0.1, 0.15) is 61.5 Å². The van der Waals surface area contributed by atoms with Crippen LogP contribution in [0.15, 0.2) is 12.1 Å². The zero-order valence-corrected chi connectivity index (χ0v) is 20.4. The number of fused-ring (bicyclic) bond motifs is 2. The SMILES string of the molecule is CC(C)c1nc(-c2cc(N)cc(F)c2OC(F)(F)F)c(F)c2c1c(C1C3CNCC31)c(CN)n2C1CC1. The maximum Gasteiger partial charge on any atom is 0.573 e. The summed E-state index contributed by atoms with van der Waals surface area (Å²) in [5, 5.41) is 4.07. The number of hydrogen-bond acceptors (Lipinski definition) is 5.